The highest BCUT2D eigenvalue weighted by Crippen LogP contribution is 2.24. The molecule has 0 spiro atoms. The van der Waals surface area contributed by atoms with Gasteiger partial charge in [-0.1, -0.05) is 11.4 Å². The second-order valence-corrected chi connectivity index (χ2v) is 6.03. The standard InChI is InChI=1S/C12H19N3O2S/c1-5-9-10(18-14-13-9)11(16)15-6-8(2)17-12(3,4)7-15/h8H,5-7H2,1-4H3/t8-/m1/s1. The maximum absolute atomic E-state index is 12.5. The Kier molecular flexibility index (Phi) is 3.68. The predicted octanol–water partition coefficient (Wildman–Crippen LogP) is 1.74. The molecule has 0 aromatic carbocycles. The summed E-state index contributed by atoms with van der Waals surface area (Å²) in [5.41, 5.74) is 0.500. The van der Waals surface area contributed by atoms with Gasteiger partial charge < -0.3 is 9.64 Å². The molecule has 2 heterocycles. The molecule has 1 atom stereocenters. The molecule has 1 aliphatic heterocycles. The van der Waals surface area contributed by atoms with Gasteiger partial charge in [0.2, 0.25) is 0 Å². The van der Waals surface area contributed by atoms with Crippen molar-refractivity contribution in [3.8, 4) is 0 Å². The number of rotatable bonds is 2. The number of carbonyl (C=O) groups excluding carboxylic acids is 1. The van der Waals surface area contributed by atoms with Crippen molar-refractivity contribution < 1.29 is 9.53 Å². The Hall–Kier alpha value is -1.01. The molecule has 0 saturated carbocycles. The van der Waals surface area contributed by atoms with Crippen LogP contribution in [0.1, 0.15) is 43.1 Å². The van der Waals surface area contributed by atoms with Gasteiger partial charge >= 0.3 is 0 Å². The van der Waals surface area contributed by atoms with Gasteiger partial charge in [0.25, 0.3) is 5.91 Å². The summed E-state index contributed by atoms with van der Waals surface area (Å²) in [6.45, 7) is 9.23. The van der Waals surface area contributed by atoms with Gasteiger partial charge in [0.15, 0.2) is 0 Å². The molecule has 1 aliphatic rings. The quantitative estimate of drug-likeness (QED) is 0.820. The molecular formula is C12H19N3O2S. The van der Waals surface area contributed by atoms with Crippen LogP contribution in [0.25, 0.3) is 0 Å². The van der Waals surface area contributed by atoms with Gasteiger partial charge in [-0.2, -0.15) is 0 Å². The zero-order valence-electron chi connectivity index (χ0n) is 11.3. The summed E-state index contributed by atoms with van der Waals surface area (Å²) < 4.78 is 9.68. The number of aryl methyl sites for hydroxylation is 1. The molecule has 0 N–H and O–H groups in total. The first-order valence-corrected chi connectivity index (χ1v) is 6.98. The zero-order valence-corrected chi connectivity index (χ0v) is 12.1. The minimum atomic E-state index is -0.294. The largest absolute Gasteiger partial charge is 0.369 e. The third-order valence-electron chi connectivity index (χ3n) is 2.94. The van der Waals surface area contributed by atoms with E-state index in [0.29, 0.717) is 18.0 Å². The summed E-state index contributed by atoms with van der Waals surface area (Å²) in [5.74, 6) is 0.0325. The van der Waals surface area contributed by atoms with Crippen LogP contribution < -0.4 is 0 Å². The van der Waals surface area contributed by atoms with Gasteiger partial charge in [-0.15, -0.1) is 5.10 Å². The van der Waals surface area contributed by atoms with Gasteiger partial charge in [-0.25, -0.2) is 0 Å². The van der Waals surface area contributed by atoms with E-state index in [4.69, 9.17) is 4.74 Å². The van der Waals surface area contributed by atoms with E-state index in [9.17, 15) is 4.79 Å². The van der Waals surface area contributed by atoms with Crippen LogP contribution in [0.4, 0.5) is 0 Å². The molecule has 5 nitrogen and oxygen atoms in total. The molecule has 0 unspecified atom stereocenters. The summed E-state index contributed by atoms with van der Waals surface area (Å²) in [6.07, 6.45) is 0.796. The van der Waals surface area contributed by atoms with Crippen LogP contribution >= 0.6 is 11.5 Å². The van der Waals surface area contributed by atoms with Crippen LogP contribution in [0.2, 0.25) is 0 Å². The fourth-order valence-electron chi connectivity index (χ4n) is 2.35. The molecule has 1 aromatic rings. The first-order valence-electron chi connectivity index (χ1n) is 6.21. The minimum absolute atomic E-state index is 0.0325. The summed E-state index contributed by atoms with van der Waals surface area (Å²) >= 11 is 1.18. The molecule has 0 bridgehead atoms. The first-order chi connectivity index (χ1) is 8.43. The van der Waals surface area contributed by atoms with E-state index in [2.05, 4.69) is 9.59 Å². The summed E-state index contributed by atoms with van der Waals surface area (Å²) in [6, 6.07) is 0. The summed E-state index contributed by atoms with van der Waals surface area (Å²) in [5, 5.41) is 4.00. The number of carbonyl (C=O) groups is 1. The predicted molar refractivity (Wildman–Crippen MR) is 69.8 cm³/mol. The highest BCUT2D eigenvalue weighted by atomic mass is 32.1. The summed E-state index contributed by atoms with van der Waals surface area (Å²) in [7, 11) is 0. The van der Waals surface area contributed by atoms with Crippen molar-refractivity contribution in [2.75, 3.05) is 13.1 Å². The fourth-order valence-corrected chi connectivity index (χ4v) is 3.07. The number of ether oxygens (including phenoxy) is 1. The highest BCUT2D eigenvalue weighted by molar-refractivity contribution is 7.08. The number of hydrogen-bond donors (Lipinski definition) is 0. The summed E-state index contributed by atoms with van der Waals surface area (Å²) in [4.78, 5) is 15.0. The Labute approximate surface area is 111 Å². The third-order valence-corrected chi connectivity index (χ3v) is 3.70. The van der Waals surface area contributed by atoms with Crippen LogP contribution in [0.3, 0.4) is 0 Å². The maximum atomic E-state index is 12.5. The van der Waals surface area contributed by atoms with Crippen LogP contribution in [-0.4, -0.2) is 45.2 Å². The Morgan fingerprint density at radius 3 is 2.94 bits per heavy atom. The lowest BCUT2D eigenvalue weighted by Gasteiger charge is -2.41. The zero-order chi connectivity index (χ0) is 13.3. The van der Waals surface area contributed by atoms with E-state index < -0.39 is 0 Å². The Morgan fingerprint density at radius 2 is 2.33 bits per heavy atom. The highest BCUT2D eigenvalue weighted by Gasteiger charge is 2.35. The van der Waals surface area contributed by atoms with E-state index in [1.54, 1.807) is 0 Å². The van der Waals surface area contributed by atoms with Gasteiger partial charge in [0, 0.05) is 13.1 Å². The average Bonchev–Trinajstić information content (AvgIpc) is 2.73. The lowest BCUT2D eigenvalue weighted by molar-refractivity contribution is -0.118. The van der Waals surface area contributed by atoms with Crippen molar-refractivity contribution in [1.29, 1.82) is 0 Å². The molecule has 1 saturated heterocycles. The molecule has 0 aliphatic carbocycles. The molecule has 0 radical (unpaired) electrons. The molecule has 100 valence electrons. The Bertz CT molecular complexity index is 444. The normalized spacial score (nSPS) is 23.1. The van der Waals surface area contributed by atoms with E-state index in [1.165, 1.54) is 11.5 Å². The van der Waals surface area contributed by atoms with Crippen LogP contribution in [0.15, 0.2) is 0 Å². The van der Waals surface area contributed by atoms with Crippen molar-refractivity contribution in [2.45, 2.75) is 45.8 Å². The minimum Gasteiger partial charge on any atom is -0.369 e. The molecule has 1 fully saturated rings. The molecule has 6 heteroatoms. The monoisotopic (exact) mass is 269 g/mol. The number of hydrogen-bond acceptors (Lipinski definition) is 5. The van der Waals surface area contributed by atoms with E-state index in [-0.39, 0.29) is 17.6 Å². The van der Waals surface area contributed by atoms with Crippen molar-refractivity contribution in [1.82, 2.24) is 14.5 Å². The van der Waals surface area contributed by atoms with Crippen molar-refractivity contribution >= 4 is 17.4 Å². The average molecular weight is 269 g/mol. The number of morpholine rings is 1. The van der Waals surface area contributed by atoms with Crippen molar-refractivity contribution in [2.24, 2.45) is 0 Å². The number of amides is 1. The molecule has 2 rings (SSSR count). The van der Waals surface area contributed by atoms with Gasteiger partial charge in [-0.05, 0) is 38.7 Å². The van der Waals surface area contributed by atoms with Gasteiger partial charge in [0.1, 0.15) is 4.88 Å². The van der Waals surface area contributed by atoms with Crippen molar-refractivity contribution in [3.63, 3.8) is 0 Å². The smallest absolute Gasteiger partial charge is 0.267 e. The van der Waals surface area contributed by atoms with E-state index in [0.717, 1.165) is 12.1 Å². The van der Waals surface area contributed by atoms with E-state index >= 15 is 0 Å². The molecule has 1 aromatic heterocycles. The number of nitrogens with zero attached hydrogens (tertiary/aromatic N) is 3. The number of aromatic nitrogens is 2. The van der Waals surface area contributed by atoms with Crippen molar-refractivity contribution in [3.05, 3.63) is 10.6 Å². The molecule has 18 heavy (non-hydrogen) atoms. The van der Waals surface area contributed by atoms with E-state index in [1.807, 2.05) is 32.6 Å². The van der Waals surface area contributed by atoms with Gasteiger partial charge in [-0.3, -0.25) is 4.79 Å². The lowest BCUT2D eigenvalue weighted by Crippen LogP contribution is -2.53. The van der Waals surface area contributed by atoms with Crippen LogP contribution in [-0.2, 0) is 11.2 Å². The van der Waals surface area contributed by atoms with Crippen LogP contribution in [0.5, 0.6) is 0 Å². The second kappa shape index (κ2) is 4.93. The second-order valence-electron chi connectivity index (χ2n) is 5.28. The maximum Gasteiger partial charge on any atom is 0.267 e. The Morgan fingerprint density at radius 1 is 1.61 bits per heavy atom. The molecule has 1 amide bonds. The first kappa shape index (κ1) is 13.4. The Balaban J connectivity index is 2.18. The van der Waals surface area contributed by atoms with Crippen LogP contribution in [0, 0.1) is 0 Å². The topological polar surface area (TPSA) is 55.3 Å². The molecular weight excluding hydrogens is 250 g/mol. The SMILES string of the molecule is CCc1nnsc1C(=O)N1C[C@@H](C)OC(C)(C)C1. The lowest BCUT2D eigenvalue weighted by atomic mass is 10.1. The fraction of sp³-hybridized carbons (Fsp3) is 0.750. The van der Waals surface area contributed by atoms with Gasteiger partial charge in [0.05, 0.1) is 17.4 Å². The third kappa shape index (κ3) is 2.70.